The molecule has 1 saturated heterocycles. The van der Waals surface area contributed by atoms with Crippen LogP contribution in [-0.4, -0.2) is 23.9 Å². The van der Waals surface area contributed by atoms with E-state index < -0.39 is 0 Å². The lowest BCUT2D eigenvalue weighted by atomic mass is 10.1. The van der Waals surface area contributed by atoms with Gasteiger partial charge in [-0.3, -0.25) is 4.79 Å². The Labute approximate surface area is 103 Å². The van der Waals surface area contributed by atoms with E-state index in [2.05, 4.69) is 9.88 Å². The van der Waals surface area contributed by atoms with Gasteiger partial charge in [-0.25, -0.2) is 4.98 Å². The van der Waals surface area contributed by atoms with E-state index >= 15 is 0 Å². The molecule has 0 spiro atoms. The van der Waals surface area contributed by atoms with E-state index in [1.54, 1.807) is 6.20 Å². The van der Waals surface area contributed by atoms with Gasteiger partial charge in [0.05, 0.1) is 0 Å². The monoisotopic (exact) mass is 232 g/mol. The number of pyridine rings is 1. The van der Waals surface area contributed by atoms with Gasteiger partial charge in [-0.1, -0.05) is 6.92 Å². The van der Waals surface area contributed by atoms with E-state index in [0.29, 0.717) is 6.42 Å². The van der Waals surface area contributed by atoms with E-state index in [1.165, 1.54) is 19.3 Å². The third-order valence-corrected chi connectivity index (χ3v) is 3.40. The molecule has 0 aliphatic carbocycles. The number of anilines is 1. The summed E-state index contributed by atoms with van der Waals surface area (Å²) in [5.74, 6) is 1.20. The predicted molar refractivity (Wildman–Crippen MR) is 69.7 cm³/mol. The molecule has 17 heavy (non-hydrogen) atoms. The maximum atomic E-state index is 11.7. The number of nitrogens with zero attached hydrogens (tertiary/aromatic N) is 2. The Morgan fingerprint density at radius 3 is 2.65 bits per heavy atom. The lowest BCUT2D eigenvalue weighted by Crippen LogP contribution is -2.30. The summed E-state index contributed by atoms with van der Waals surface area (Å²) in [5, 5.41) is 0. The maximum absolute atomic E-state index is 11.7. The highest BCUT2D eigenvalue weighted by atomic mass is 16.1. The summed E-state index contributed by atoms with van der Waals surface area (Å²) in [5.41, 5.74) is 1.82. The fourth-order valence-electron chi connectivity index (χ4n) is 2.32. The molecule has 0 bridgehead atoms. The van der Waals surface area contributed by atoms with Crippen LogP contribution in [0.1, 0.15) is 48.5 Å². The molecule has 92 valence electrons. The number of aromatic nitrogens is 1. The fourth-order valence-corrected chi connectivity index (χ4v) is 2.32. The van der Waals surface area contributed by atoms with Crippen molar-refractivity contribution >= 4 is 11.6 Å². The molecule has 0 unspecified atom stereocenters. The number of carbonyl (C=O) groups excluding carboxylic acids is 1. The first-order chi connectivity index (χ1) is 8.22. The Hall–Kier alpha value is -1.38. The third kappa shape index (κ3) is 2.65. The zero-order valence-electron chi connectivity index (χ0n) is 10.7. The van der Waals surface area contributed by atoms with Gasteiger partial charge >= 0.3 is 0 Å². The fraction of sp³-hybridized carbons (Fsp3) is 0.571. The van der Waals surface area contributed by atoms with Crippen LogP contribution in [0.5, 0.6) is 0 Å². The van der Waals surface area contributed by atoms with Crippen LogP contribution in [0.4, 0.5) is 5.82 Å². The molecule has 2 heterocycles. The van der Waals surface area contributed by atoms with Crippen molar-refractivity contribution in [1.29, 1.82) is 0 Å². The number of carbonyl (C=O) groups is 1. The Morgan fingerprint density at radius 1 is 1.35 bits per heavy atom. The van der Waals surface area contributed by atoms with Crippen molar-refractivity contribution in [3.63, 3.8) is 0 Å². The largest absolute Gasteiger partial charge is 0.357 e. The topological polar surface area (TPSA) is 33.2 Å². The molecule has 0 radical (unpaired) electrons. The number of aryl methyl sites for hydroxylation is 1. The van der Waals surface area contributed by atoms with Gasteiger partial charge in [0.25, 0.3) is 0 Å². The van der Waals surface area contributed by atoms with Crippen molar-refractivity contribution < 1.29 is 4.79 Å². The molecule has 1 fully saturated rings. The predicted octanol–water partition coefficient (Wildman–Crippen LogP) is 2.97. The summed E-state index contributed by atoms with van der Waals surface area (Å²) in [4.78, 5) is 18.4. The van der Waals surface area contributed by atoms with Crippen LogP contribution >= 0.6 is 0 Å². The van der Waals surface area contributed by atoms with Gasteiger partial charge in [0.2, 0.25) is 0 Å². The summed E-state index contributed by atoms with van der Waals surface area (Å²) in [6, 6.07) is 2.05. The van der Waals surface area contributed by atoms with Crippen molar-refractivity contribution in [3.8, 4) is 0 Å². The molecule has 3 heteroatoms. The smallest absolute Gasteiger partial charge is 0.164 e. The van der Waals surface area contributed by atoms with E-state index in [0.717, 1.165) is 30.0 Å². The zero-order chi connectivity index (χ0) is 12.3. The summed E-state index contributed by atoms with van der Waals surface area (Å²) in [6.07, 6.45) is 6.10. The molecule has 1 aliphatic heterocycles. The van der Waals surface area contributed by atoms with Crippen LogP contribution in [0.3, 0.4) is 0 Å². The van der Waals surface area contributed by atoms with Crippen LogP contribution < -0.4 is 4.90 Å². The molecule has 3 nitrogen and oxygen atoms in total. The Kier molecular flexibility index (Phi) is 3.77. The second-order valence-electron chi connectivity index (χ2n) is 4.68. The highest BCUT2D eigenvalue weighted by molar-refractivity contribution is 5.97. The average Bonchev–Trinajstić information content (AvgIpc) is 2.39. The van der Waals surface area contributed by atoms with Crippen LogP contribution in [-0.2, 0) is 0 Å². The molecule has 2 rings (SSSR count). The first-order valence-electron chi connectivity index (χ1n) is 6.47. The average molecular weight is 232 g/mol. The minimum absolute atomic E-state index is 0.181. The lowest BCUT2D eigenvalue weighted by Gasteiger charge is -2.28. The summed E-state index contributed by atoms with van der Waals surface area (Å²) in [6.45, 7) is 6.07. The number of hydrogen-bond donors (Lipinski definition) is 0. The number of Topliss-reactive ketones (excluding diaryl/α,β-unsaturated/α-hetero) is 1. The SMILES string of the molecule is CCC(=O)c1cnc(N2CCCCC2)cc1C. The van der Waals surface area contributed by atoms with Gasteiger partial charge < -0.3 is 4.90 Å². The molecule has 0 atom stereocenters. The summed E-state index contributed by atoms with van der Waals surface area (Å²) >= 11 is 0. The summed E-state index contributed by atoms with van der Waals surface area (Å²) in [7, 11) is 0. The number of ketones is 1. The van der Waals surface area contributed by atoms with Gasteiger partial charge in [0.15, 0.2) is 5.78 Å². The molecule has 1 aliphatic rings. The highest BCUT2D eigenvalue weighted by Gasteiger charge is 2.14. The van der Waals surface area contributed by atoms with Crippen molar-refractivity contribution in [2.24, 2.45) is 0 Å². The molecule has 0 saturated carbocycles. The van der Waals surface area contributed by atoms with E-state index in [4.69, 9.17) is 0 Å². The number of rotatable bonds is 3. The van der Waals surface area contributed by atoms with Crippen molar-refractivity contribution in [2.75, 3.05) is 18.0 Å². The Bertz CT molecular complexity index is 409. The molecular weight excluding hydrogens is 212 g/mol. The van der Waals surface area contributed by atoms with E-state index in [-0.39, 0.29) is 5.78 Å². The lowest BCUT2D eigenvalue weighted by molar-refractivity contribution is 0.0987. The van der Waals surface area contributed by atoms with Gasteiger partial charge in [0.1, 0.15) is 5.82 Å². The summed E-state index contributed by atoms with van der Waals surface area (Å²) < 4.78 is 0. The number of piperidine rings is 1. The highest BCUT2D eigenvalue weighted by Crippen LogP contribution is 2.20. The first kappa shape index (κ1) is 12.1. The van der Waals surface area contributed by atoms with Crippen LogP contribution in [0.25, 0.3) is 0 Å². The van der Waals surface area contributed by atoms with E-state index in [1.807, 2.05) is 19.9 Å². The minimum Gasteiger partial charge on any atom is -0.357 e. The van der Waals surface area contributed by atoms with Gasteiger partial charge in [0, 0.05) is 31.3 Å². The molecule has 0 N–H and O–H groups in total. The standard InChI is InChI=1S/C14H20N2O/c1-3-13(17)12-10-15-14(9-11(12)2)16-7-5-4-6-8-16/h9-10H,3-8H2,1-2H3. The first-order valence-corrected chi connectivity index (χ1v) is 6.47. The van der Waals surface area contributed by atoms with Crippen LogP contribution in [0, 0.1) is 6.92 Å². The van der Waals surface area contributed by atoms with Crippen molar-refractivity contribution in [2.45, 2.75) is 39.5 Å². The minimum atomic E-state index is 0.181. The molecule has 1 aromatic heterocycles. The quantitative estimate of drug-likeness (QED) is 0.751. The maximum Gasteiger partial charge on any atom is 0.164 e. The molecule has 0 aromatic carbocycles. The van der Waals surface area contributed by atoms with E-state index in [9.17, 15) is 4.79 Å². The molecule has 1 aromatic rings. The second kappa shape index (κ2) is 5.30. The third-order valence-electron chi connectivity index (χ3n) is 3.40. The van der Waals surface area contributed by atoms with Crippen LogP contribution in [0.15, 0.2) is 12.3 Å². The number of hydrogen-bond acceptors (Lipinski definition) is 3. The zero-order valence-corrected chi connectivity index (χ0v) is 10.7. The van der Waals surface area contributed by atoms with Crippen molar-refractivity contribution in [3.05, 3.63) is 23.4 Å². The van der Waals surface area contributed by atoms with Gasteiger partial charge in [-0.2, -0.15) is 0 Å². The Balaban J connectivity index is 2.20. The Morgan fingerprint density at radius 2 is 2.06 bits per heavy atom. The van der Waals surface area contributed by atoms with Gasteiger partial charge in [-0.15, -0.1) is 0 Å². The molecular formula is C14H20N2O. The molecule has 0 amide bonds. The second-order valence-corrected chi connectivity index (χ2v) is 4.68. The normalized spacial score (nSPS) is 16.0. The van der Waals surface area contributed by atoms with Crippen molar-refractivity contribution in [1.82, 2.24) is 4.98 Å². The van der Waals surface area contributed by atoms with Crippen LogP contribution in [0.2, 0.25) is 0 Å². The van der Waals surface area contributed by atoms with Gasteiger partial charge in [-0.05, 0) is 37.8 Å².